The van der Waals surface area contributed by atoms with Crippen LogP contribution in [-0.4, -0.2) is 55.0 Å². The summed E-state index contributed by atoms with van der Waals surface area (Å²) in [7, 11) is 0. The summed E-state index contributed by atoms with van der Waals surface area (Å²) < 4.78 is 1.51. The van der Waals surface area contributed by atoms with Crippen molar-refractivity contribution in [2.75, 3.05) is 0 Å². The Bertz CT molecular complexity index is 712. The lowest BCUT2D eigenvalue weighted by molar-refractivity contribution is -0.130. The van der Waals surface area contributed by atoms with Gasteiger partial charge < -0.3 is 10.2 Å². The molecule has 8 nitrogen and oxygen atoms in total. The number of nitrogens with one attached hydrogen (secondary N) is 1. The van der Waals surface area contributed by atoms with E-state index in [9.17, 15) is 9.59 Å². The van der Waals surface area contributed by atoms with E-state index in [1.54, 1.807) is 36.1 Å². The van der Waals surface area contributed by atoms with Gasteiger partial charge in [0.05, 0.1) is 5.69 Å². The maximum atomic E-state index is 12.8. The van der Waals surface area contributed by atoms with Gasteiger partial charge in [-0.15, -0.1) is 5.10 Å². The zero-order valence-corrected chi connectivity index (χ0v) is 13.2. The third kappa shape index (κ3) is 2.67. The lowest BCUT2D eigenvalue weighted by Crippen LogP contribution is -2.64. The van der Waals surface area contributed by atoms with E-state index in [4.69, 9.17) is 0 Å². The van der Waals surface area contributed by atoms with E-state index >= 15 is 0 Å². The van der Waals surface area contributed by atoms with E-state index in [1.807, 2.05) is 13.8 Å². The van der Waals surface area contributed by atoms with E-state index in [2.05, 4.69) is 20.8 Å². The minimum atomic E-state index is -0.493. The van der Waals surface area contributed by atoms with Crippen molar-refractivity contribution in [3.8, 4) is 5.69 Å². The van der Waals surface area contributed by atoms with Crippen LogP contribution in [0.3, 0.4) is 0 Å². The molecule has 1 saturated heterocycles. The Hall–Kier alpha value is -2.77. The number of carbonyl (C=O) groups is 2. The number of aromatic nitrogens is 4. The summed E-state index contributed by atoms with van der Waals surface area (Å²) >= 11 is 0. The van der Waals surface area contributed by atoms with Gasteiger partial charge in [-0.25, -0.2) is 4.68 Å². The first-order valence-electron chi connectivity index (χ1n) is 7.45. The smallest absolute Gasteiger partial charge is 0.254 e. The molecule has 0 radical (unpaired) electrons. The molecule has 1 aromatic heterocycles. The zero-order chi connectivity index (χ0) is 16.6. The third-order valence-electron chi connectivity index (χ3n) is 4.29. The molecule has 2 heterocycles. The fourth-order valence-corrected chi connectivity index (χ4v) is 2.73. The molecule has 1 aliphatic heterocycles. The highest BCUT2D eigenvalue weighted by molar-refractivity contribution is 5.98. The first-order valence-corrected chi connectivity index (χ1v) is 7.45. The number of tetrazole rings is 1. The second kappa shape index (κ2) is 5.79. The Morgan fingerprint density at radius 3 is 2.48 bits per heavy atom. The van der Waals surface area contributed by atoms with Crippen LogP contribution >= 0.6 is 0 Å². The normalized spacial score (nSPS) is 24.4. The number of benzene rings is 1. The number of hydrogen-bond acceptors (Lipinski definition) is 5. The van der Waals surface area contributed by atoms with Crippen LogP contribution in [0.1, 0.15) is 31.1 Å². The van der Waals surface area contributed by atoms with Crippen LogP contribution < -0.4 is 5.32 Å². The van der Waals surface area contributed by atoms with Gasteiger partial charge in [-0.2, -0.15) is 0 Å². The van der Waals surface area contributed by atoms with Crippen molar-refractivity contribution in [2.24, 2.45) is 0 Å². The fraction of sp³-hybridized carbons (Fsp3) is 0.400. The Labute approximate surface area is 133 Å². The molecule has 8 heteroatoms. The van der Waals surface area contributed by atoms with E-state index in [0.29, 0.717) is 5.56 Å². The molecule has 2 aromatic rings. The second-order valence-electron chi connectivity index (χ2n) is 5.73. The molecule has 23 heavy (non-hydrogen) atoms. The lowest BCUT2D eigenvalue weighted by atomic mass is 10.0. The standard InChI is InChI=1S/C15H18N6O2/c1-9-10(2)21(11(3)14(22)17-9)15(23)12-4-6-13(7-5-12)20-8-16-18-19-20/h4-11H,1-3H3,(H,17,22). The predicted octanol–water partition coefficient (Wildman–Crippen LogP) is 0.400. The van der Waals surface area contributed by atoms with Crippen molar-refractivity contribution in [1.29, 1.82) is 0 Å². The number of amides is 2. The van der Waals surface area contributed by atoms with Crippen LogP contribution in [0.4, 0.5) is 0 Å². The number of hydrogen-bond donors (Lipinski definition) is 1. The number of nitrogens with zero attached hydrogens (tertiary/aromatic N) is 5. The molecule has 3 atom stereocenters. The zero-order valence-electron chi connectivity index (χ0n) is 13.2. The molecule has 0 bridgehead atoms. The molecule has 3 rings (SSSR count). The first kappa shape index (κ1) is 15.1. The van der Waals surface area contributed by atoms with Crippen molar-refractivity contribution in [3.05, 3.63) is 36.2 Å². The van der Waals surface area contributed by atoms with Crippen molar-refractivity contribution in [2.45, 2.75) is 38.9 Å². The van der Waals surface area contributed by atoms with Crippen LogP contribution in [0.25, 0.3) is 5.69 Å². The average molecular weight is 314 g/mol. The molecule has 120 valence electrons. The van der Waals surface area contributed by atoms with Crippen LogP contribution in [0.2, 0.25) is 0 Å². The lowest BCUT2D eigenvalue weighted by Gasteiger charge is -2.42. The van der Waals surface area contributed by atoms with Gasteiger partial charge in [-0.3, -0.25) is 9.59 Å². The van der Waals surface area contributed by atoms with E-state index in [-0.39, 0.29) is 23.9 Å². The van der Waals surface area contributed by atoms with Crippen molar-refractivity contribution >= 4 is 11.8 Å². The van der Waals surface area contributed by atoms with E-state index in [1.165, 1.54) is 11.0 Å². The molecular weight excluding hydrogens is 296 g/mol. The Kier molecular flexibility index (Phi) is 3.81. The molecule has 3 unspecified atom stereocenters. The molecule has 1 fully saturated rings. The molecule has 1 aliphatic rings. The van der Waals surface area contributed by atoms with Crippen LogP contribution in [0, 0.1) is 0 Å². The van der Waals surface area contributed by atoms with Gasteiger partial charge in [0.15, 0.2) is 0 Å². The molecule has 1 N–H and O–H groups in total. The van der Waals surface area contributed by atoms with E-state index in [0.717, 1.165) is 5.69 Å². The van der Waals surface area contributed by atoms with Crippen LogP contribution in [0.5, 0.6) is 0 Å². The van der Waals surface area contributed by atoms with E-state index < -0.39 is 6.04 Å². The fourth-order valence-electron chi connectivity index (χ4n) is 2.73. The monoisotopic (exact) mass is 314 g/mol. The number of rotatable bonds is 2. The second-order valence-corrected chi connectivity index (χ2v) is 5.73. The van der Waals surface area contributed by atoms with Crippen LogP contribution in [-0.2, 0) is 4.79 Å². The minimum Gasteiger partial charge on any atom is -0.350 e. The summed E-state index contributed by atoms with van der Waals surface area (Å²) in [5, 5.41) is 13.8. The van der Waals surface area contributed by atoms with Gasteiger partial charge in [0.1, 0.15) is 12.4 Å². The molecule has 0 saturated carbocycles. The predicted molar refractivity (Wildman–Crippen MR) is 81.9 cm³/mol. The van der Waals surface area contributed by atoms with Crippen molar-refractivity contribution < 1.29 is 9.59 Å². The summed E-state index contributed by atoms with van der Waals surface area (Å²) in [5.74, 6) is -0.288. The number of piperazine rings is 1. The number of carbonyl (C=O) groups excluding carboxylic acids is 2. The van der Waals surface area contributed by atoms with Gasteiger partial charge in [0, 0.05) is 17.6 Å². The average Bonchev–Trinajstić information content (AvgIpc) is 3.08. The van der Waals surface area contributed by atoms with Crippen molar-refractivity contribution in [3.63, 3.8) is 0 Å². The Morgan fingerprint density at radius 2 is 1.87 bits per heavy atom. The Balaban J connectivity index is 1.86. The topological polar surface area (TPSA) is 93.0 Å². The maximum absolute atomic E-state index is 12.8. The van der Waals surface area contributed by atoms with Gasteiger partial charge in [-0.1, -0.05) is 0 Å². The minimum absolute atomic E-state index is 0.0746. The van der Waals surface area contributed by atoms with Gasteiger partial charge >= 0.3 is 0 Å². The summed E-state index contributed by atoms with van der Waals surface area (Å²) in [5.41, 5.74) is 1.29. The van der Waals surface area contributed by atoms with Gasteiger partial charge in [0.2, 0.25) is 5.91 Å². The molecule has 0 aliphatic carbocycles. The van der Waals surface area contributed by atoms with Crippen molar-refractivity contribution in [1.82, 2.24) is 30.4 Å². The highest BCUT2D eigenvalue weighted by atomic mass is 16.2. The van der Waals surface area contributed by atoms with Gasteiger partial charge in [0.25, 0.3) is 5.91 Å². The SMILES string of the molecule is CC1NC(=O)C(C)N(C(=O)c2ccc(-n3cnnn3)cc2)C1C. The summed E-state index contributed by atoms with van der Waals surface area (Å²) in [6, 6.07) is 6.33. The maximum Gasteiger partial charge on any atom is 0.254 e. The first-order chi connectivity index (χ1) is 11.0. The highest BCUT2D eigenvalue weighted by Crippen LogP contribution is 2.19. The molecular formula is C15H18N6O2. The molecule has 1 aromatic carbocycles. The highest BCUT2D eigenvalue weighted by Gasteiger charge is 2.38. The Morgan fingerprint density at radius 1 is 1.17 bits per heavy atom. The summed E-state index contributed by atoms with van der Waals surface area (Å²) in [6.07, 6.45) is 1.48. The van der Waals surface area contributed by atoms with Gasteiger partial charge in [-0.05, 0) is 55.5 Å². The summed E-state index contributed by atoms with van der Waals surface area (Å²) in [6.45, 7) is 5.58. The largest absolute Gasteiger partial charge is 0.350 e. The molecule has 0 spiro atoms. The third-order valence-corrected chi connectivity index (χ3v) is 4.29. The summed E-state index contributed by atoms with van der Waals surface area (Å²) in [4.78, 5) is 26.4. The molecule has 2 amide bonds. The quantitative estimate of drug-likeness (QED) is 0.866. The van der Waals surface area contributed by atoms with Crippen LogP contribution in [0.15, 0.2) is 30.6 Å².